The topological polar surface area (TPSA) is 127 Å². The molecule has 5 aromatic rings. The molecular formula is C27H19ClN4O5. The maximum absolute atomic E-state index is 13.9. The van der Waals surface area contributed by atoms with Gasteiger partial charge < -0.3 is 19.5 Å². The highest BCUT2D eigenvalue weighted by atomic mass is 35.5. The van der Waals surface area contributed by atoms with E-state index in [1.54, 1.807) is 42.5 Å². The van der Waals surface area contributed by atoms with Crippen LogP contribution in [0.1, 0.15) is 38.0 Å². The van der Waals surface area contributed by atoms with Crippen LogP contribution in [0, 0.1) is 0 Å². The second-order valence-corrected chi connectivity index (χ2v) is 8.45. The summed E-state index contributed by atoms with van der Waals surface area (Å²) in [6.45, 7) is 0. The number of methoxy groups -OCH3 is 1. The van der Waals surface area contributed by atoms with E-state index in [0.717, 1.165) is 0 Å². The summed E-state index contributed by atoms with van der Waals surface area (Å²) in [4.78, 5) is 50.4. The summed E-state index contributed by atoms with van der Waals surface area (Å²) in [5, 5.41) is 3.77. The molecule has 37 heavy (non-hydrogen) atoms. The average molecular weight is 515 g/mol. The van der Waals surface area contributed by atoms with Crippen LogP contribution in [0.2, 0.25) is 5.02 Å². The van der Waals surface area contributed by atoms with Gasteiger partial charge >= 0.3 is 5.97 Å². The number of carbonyl (C=O) groups excluding carboxylic acids is 2. The van der Waals surface area contributed by atoms with Crippen molar-refractivity contribution in [3.8, 4) is 11.6 Å². The van der Waals surface area contributed by atoms with Gasteiger partial charge in [0, 0.05) is 16.6 Å². The van der Waals surface area contributed by atoms with E-state index in [1.165, 1.54) is 37.9 Å². The largest absolute Gasteiger partial charge is 0.464 e. The number of H-pyrrole nitrogens is 1. The molecule has 2 aromatic carbocycles. The third-order valence-corrected chi connectivity index (χ3v) is 6.00. The van der Waals surface area contributed by atoms with Crippen LogP contribution < -0.4 is 10.7 Å². The molecule has 1 amide bonds. The number of hydrogen-bond donors (Lipinski definition) is 2. The number of nitrogens with one attached hydrogen (secondary N) is 2. The van der Waals surface area contributed by atoms with Gasteiger partial charge in [-0.25, -0.2) is 14.8 Å². The Bertz CT molecular complexity index is 1650. The van der Waals surface area contributed by atoms with Crippen molar-refractivity contribution in [3.63, 3.8) is 0 Å². The number of aromatic amines is 1. The summed E-state index contributed by atoms with van der Waals surface area (Å²) in [6, 6.07) is 15.9. The fourth-order valence-corrected chi connectivity index (χ4v) is 4.18. The molecule has 0 saturated heterocycles. The first-order valence-electron chi connectivity index (χ1n) is 11.1. The van der Waals surface area contributed by atoms with Crippen molar-refractivity contribution in [3.05, 3.63) is 117 Å². The fourth-order valence-electron chi connectivity index (χ4n) is 4.01. The normalized spacial score (nSPS) is 11.7. The fraction of sp³-hybridized carbons (Fsp3) is 0.0741. The minimum atomic E-state index is -0.889. The molecule has 0 aliphatic heterocycles. The van der Waals surface area contributed by atoms with Crippen LogP contribution in [-0.4, -0.2) is 33.9 Å². The lowest BCUT2D eigenvalue weighted by atomic mass is 9.94. The van der Waals surface area contributed by atoms with Crippen molar-refractivity contribution < 1.29 is 18.7 Å². The van der Waals surface area contributed by atoms with Crippen LogP contribution in [-0.2, 0) is 4.74 Å². The third-order valence-electron chi connectivity index (χ3n) is 5.76. The quantitative estimate of drug-likeness (QED) is 0.318. The summed E-state index contributed by atoms with van der Waals surface area (Å²) in [5.74, 6) is -0.951. The van der Waals surface area contributed by atoms with E-state index in [2.05, 4.69) is 25.0 Å². The van der Waals surface area contributed by atoms with E-state index < -0.39 is 17.9 Å². The zero-order valence-corrected chi connectivity index (χ0v) is 20.2. The molecular weight excluding hydrogens is 496 g/mol. The van der Waals surface area contributed by atoms with E-state index in [4.69, 9.17) is 16.0 Å². The number of ether oxygens (including phenoxy) is 1. The molecule has 10 heteroatoms. The molecule has 0 bridgehead atoms. The molecule has 184 valence electrons. The van der Waals surface area contributed by atoms with Gasteiger partial charge in [-0.15, -0.1) is 0 Å². The van der Waals surface area contributed by atoms with Crippen molar-refractivity contribution in [2.45, 2.75) is 6.04 Å². The predicted octanol–water partition coefficient (Wildman–Crippen LogP) is 4.54. The van der Waals surface area contributed by atoms with Crippen molar-refractivity contribution in [1.82, 2.24) is 20.3 Å². The van der Waals surface area contributed by atoms with E-state index >= 15 is 0 Å². The summed E-state index contributed by atoms with van der Waals surface area (Å²) in [5.41, 5.74) is 1.61. The van der Waals surface area contributed by atoms with E-state index in [1.807, 2.05) is 6.07 Å². The van der Waals surface area contributed by atoms with Crippen molar-refractivity contribution in [1.29, 1.82) is 0 Å². The highest BCUT2D eigenvalue weighted by Crippen LogP contribution is 2.30. The average Bonchev–Trinajstić information content (AvgIpc) is 3.47. The van der Waals surface area contributed by atoms with Gasteiger partial charge in [-0.2, -0.15) is 0 Å². The SMILES string of the molecule is COC(=O)c1ccc(C(=O)NC(c2ccccc2)c2c(-c3ncco3)[nH]c3cc(Cl)ccc3c2=O)cn1. The van der Waals surface area contributed by atoms with Crippen LogP contribution in [0.4, 0.5) is 0 Å². The van der Waals surface area contributed by atoms with E-state index in [-0.39, 0.29) is 28.1 Å². The molecule has 0 aliphatic carbocycles. The van der Waals surface area contributed by atoms with Gasteiger partial charge in [0.05, 0.1) is 36.0 Å². The Morgan fingerprint density at radius 2 is 1.89 bits per heavy atom. The number of oxazole rings is 1. The molecule has 0 saturated carbocycles. The predicted molar refractivity (Wildman–Crippen MR) is 136 cm³/mol. The van der Waals surface area contributed by atoms with Gasteiger partial charge in [-0.05, 0) is 35.9 Å². The molecule has 0 radical (unpaired) electrons. The lowest BCUT2D eigenvalue weighted by Gasteiger charge is -2.22. The Morgan fingerprint density at radius 3 is 2.57 bits per heavy atom. The lowest BCUT2D eigenvalue weighted by molar-refractivity contribution is 0.0593. The second-order valence-electron chi connectivity index (χ2n) is 8.01. The number of benzene rings is 2. The number of carbonyl (C=O) groups is 2. The minimum absolute atomic E-state index is 0.0643. The van der Waals surface area contributed by atoms with Gasteiger partial charge in [0.15, 0.2) is 5.43 Å². The van der Waals surface area contributed by atoms with Crippen LogP contribution in [0.3, 0.4) is 0 Å². The number of hydrogen-bond acceptors (Lipinski definition) is 7. The van der Waals surface area contributed by atoms with Crippen molar-refractivity contribution in [2.24, 2.45) is 0 Å². The third kappa shape index (κ3) is 4.72. The number of amides is 1. The van der Waals surface area contributed by atoms with Gasteiger partial charge in [0.1, 0.15) is 17.7 Å². The molecule has 9 nitrogen and oxygen atoms in total. The summed E-state index contributed by atoms with van der Waals surface area (Å²) >= 11 is 6.17. The lowest BCUT2D eigenvalue weighted by Crippen LogP contribution is -2.33. The molecule has 2 N–H and O–H groups in total. The summed E-state index contributed by atoms with van der Waals surface area (Å²) < 4.78 is 10.2. The summed E-state index contributed by atoms with van der Waals surface area (Å²) in [6.07, 6.45) is 4.12. The Balaban J connectivity index is 1.66. The molecule has 3 aromatic heterocycles. The molecule has 0 aliphatic rings. The van der Waals surface area contributed by atoms with E-state index in [9.17, 15) is 14.4 Å². The number of fused-ring (bicyclic) bond motifs is 1. The monoisotopic (exact) mass is 514 g/mol. The Hall–Kier alpha value is -4.76. The number of rotatable bonds is 6. The number of esters is 1. The van der Waals surface area contributed by atoms with Crippen LogP contribution in [0.25, 0.3) is 22.5 Å². The Labute approximate surface area is 215 Å². The minimum Gasteiger partial charge on any atom is -0.464 e. The first-order chi connectivity index (χ1) is 18.0. The maximum Gasteiger partial charge on any atom is 0.356 e. The van der Waals surface area contributed by atoms with E-state index in [0.29, 0.717) is 27.2 Å². The van der Waals surface area contributed by atoms with Gasteiger partial charge in [0.2, 0.25) is 5.89 Å². The summed E-state index contributed by atoms with van der Waals surface area (Å²) in [7, 11) is 1.25. The Morgan fingerprint density at radius 1 is 1.08 bits per heavy atom. The van der Waals surface area contributed by atoms with Crippen LogP contribution in [0.15, 0.2) is 88.5 Å². The molecule has 5 rings (SSSR count). The zero-order chi connectivity index (χ0) is 25.9. The smallest absolute Gasteiger partial charge is 0.356 e. The first kappa shape index (κ1) is 24.0. The van der Waals surface area contributed by atoms with Gasteiger partial charge in [0.25, 0.3) is 5.91 Å². The number of aromatic nitrogens is 3. The first-order valence-corrected chi connectivity index (χ1v) is 11.5. The van der Waals surface area contributed by atoms with Gasteiger partial charge in [-0.1, -0.05) is 41.9 Å². The van der Waals surface area contributed by atoms with Crippen LogP contribution >= 0.6 is 11.6 Å². The molecule has 3 heterocycles. The second kappa shape index (κ2) is 10.1. The number of nitrogens with zero attached hydrogens (tertiary/aromatic N) is 2. The molecule has 0 fully saturated rings. The van der Waals surface area contributed by atoms with Crippen molar-refractivity contribution in [2.75, 3.05) is 7.11 Å². The molecule has 1 atom stereocenters. The Kier molecular flexibility index (Phi) is 6.53. The standard InChI is InChI=1S/C27H19ClN4O5/c1-36-27(35)19-10-7-16(14-30-19)25(34)32-22(15-5-3-2-4-6-15)21-23(26-29-11-12-37-26)31-20-13-17(28)8-9-18(20)24(21)33/h2-14,22H,1H3,(H,31,33)(H,32,34). The van der Waals surface area contributed by atoms with Gasteiger partial charge in [-0.3, -0.25) is 9.59 Å². The number of halogens is 1. The molecule has 1 unspecified atom stereocenters. The highest BCUT2D eigenvalue weighted by molar-refractivity contribution is 6.31. The highest BCUT2D eigenvalue weighted by Gasteiger charge is 2.27. The molecule has 0 spiro atoms. The maximum atomic E-state index is 13.9. The zero-order valence-electron chi connectivity index (χ0n) is 19.4. The van der Waals surface area contributed by atoms with Crippen LogP contribution in [0.5, 0.6) is 0 Å². The van der Waals surface area contributed by atoms with Crippen molar-refractivity contribution >= 4 is 34.4 Å². The number of pyridine rings is 2.